The Labute approximate surface area is 297 Å². The van der Waals surface area contributed by atoms with Gasteiger partial charge in [-0.2, -0.15) is 5.26 Å². The zero-order chi connectivity index (χ0) is 37.2. The van der Waals surface area contributed by atoms with E-state index in [2.05, 4.69) is 5.32 Å². The molecule has 14 nitrogen and oxygen atoms in total. The van der Waals surface area contributed by atoms with Gasteiger partial charge in [0.2, 0.25) is 5.91 Å². The summed E-state index contributed by atoms with van der Waals surface area (Å²) in [6.45, 7) is 10.3. The zero-order valence-electron chi connectivity index (χ0n) is 29.9. The summed E-state index contributed by atoms with van der Waals surface area (Å²) < 4.78 is 16.4. The maximum absolute atomic E-state index is 13.7. The molecule has 2 heterocycles. The highest BCUT2D eigenvalue weighted by Gasteiger charge is 2.40. The molecular weight excluding hydrogens is 658 g/mol. The number of hydrogen-bond donors (Lipinski definition) is 2. The van der Waals surface area contributed by atoms with E-state index in [0.29, 0.717) is 31.0 Å². The predicted octanol–water partition coefficient (Wildman–Crippen LogP) is 4.65. The van der Waals surface area contributed by atoms with Gasteiger partial charge in [-0.3, -0.25) is 14.4 Å². The largest absolute Gasteiger partial charge is 0.443 e. The molecule has 0 aromatic heterocycles. The molecule has 0 bridgehead atoms. The third-order valence-corrected chi connectivity index (χ3v) is 8.44. The van der Waals surface area contributed by atoms with Crippen LogP contribution in [0.2, 0.25) is 0 Å². The lowest BCUT2D eigenvalue weighted by molar-refractivity contribution is -0.150. The fourth-order valence-corrected chi connectivity index (χ4v) is 5.81. The SMILES string of the molecule is CC(C)(C)OC(=O)N(Cc1cc(NC(=O)[C@H](O)[C@H]2OCCN(c3ccc4c(c3)N(CC3CC3)C(=O)CC4)C2=O)ccc1C#N)C(=O)OC(C)(C)C. The summed E-state index contributed by atoms with van der Waals surface area (Å²) in [6.07, 6.45) is -2.20. The van der Waals surface area contributed by atoms with Gasteiger partial charge in [0.1, 0.15) is 11.2 Å². The number of aliphatic hydroxyl groups excluding tert-OH is 1. The molecule has 2 aromatic rings. The summed E-state index contributed by atoms with van der Waals surface area (Å²) in [5.74, 6) is -1.04. The molecular formula is C37H45N5O9. The minimum absolute atomic E-state index is 0.0503. The lowest BCUT2D eigenvalue weighted by Crippen LogP contribution is -2.55. The molecule has 0 spiro atoms. The Kier molecular flexibility index (Phi) is 10.7. The number of nitrogens with one attached hydrogen (secondary N) is 1. The zero-order valence-corrected chi connectivity index (χ0v) is 29.9. The number of hydrogen-bond acceptors (Lipinski definition) is 10. The number of imide groups is 1. The van der Waals surface area contributed by atoms with E-state index in [-0.39, 0.29) is 35.9 Å². The number of anilines is 3. The standard InChI is InChI=1S/C37H45N5O9/c1-36(2,3)50-34(47)42(35(48)51-37(4,5)6)21-25-17-26(12-9-24(25)19-38)39-32(45)30(44)31-33(46)40(15-16-49-31)27-13-10-23-11-14-29(43)41(28(23)18-27)20-22-7-8-22/h9-10,12-13,17-18,22,30-31,44H,7-8,11,14-16,20-21H2,1-6H3,(H,39,45)/t30-,31-/m1/s1. The van der Waals surface area contributed by atoms with Crippen molar-refractivity contribution in [3.63, 3.8) is 0 Å². The molecule has 1 saturated carbocycles. The Bertz CT molecular complexity index is 1720. The van der Waals surface area contributed by atoms with E-state index in [1.165, 1.54) is 23.1 Å². The van der Waals surface area contributed by atoms with Gasteiger partial charge in [-0.05, 0) is 108 Å². The van der Waals surface area contributed by atoms with Crippen molar-refractivity contribution in [3.8, 4) is 6.07 Å². The van der Waals surface area contributed by atoms with Gasteiger partial charge in [-0.15, -0.1) is 0 Å². The van der Waals surface area contributed by atoms with E-state index < -0.39 is 54.0 Å². The van der Waals surface area contributed by atoms with Gasteiger partial charge in [0.25, 0.3) is 11.8 Å². The van der Waals surface area contributed by atoms with Crippen molar-refractivity contribution in [1.82, 2.24) is 4.90 Å². The number of nitriles is 1. The number of carbonyl (C=O) groups is 5. The summed E-state index contributed by atoms with van der Waals surface area (Å²) in [5, 5.41) is 23.4. The van der Waals surface area contributed by atoms with Crippen LogP contribution < -0.4 is 15.1 Å². The lowest BCUT2D eigenvalue weighted by atomic mass is 9.99. The second-order valence-corrected chi connectivity index (χ2v) is 15.0. The lowest BCUT2D eigenvalue weighted by Gasteiger charge is -2.36. The number of aliphatic hydroxyl groups is 1. The van der Waals surface area contributed by atoms with Crippen LogP contribution in [0.25, 0.3) is 0 Å². The highest BCUT2D eigenvalue weighted by Crippen LogP contribution is 2.37. The van der Waals surface area contributed by atoms with E-state index in [9.17, 15) is 34.3 Å². The fourth-order valence-electron chi connectivity index (χ4n) is 5.81. The third kappa shape index (κ3) is 9.22. The molecule has 2 N–H and O–H groups in total. The van der Waals surface area contributed by atoms with E-state index in [1.54, 1.807) is 52.5 Å². The first-order valence-corrected chi connectivity index (χ1v) is 17.1. The summed E-state index contributed by atoms with van der Waals surface area (Å²) in [4.78, 5) is 69.9. The molecule has 0 unspecified atom stereocenters. The van der Waals surface area contributed by atoms with Crippen molar-refractivity contribution in [2.45, 2.75) is 97.2 Å². The molecule has 2 fully saturated rings. The predicted molar refractivity (Wildman–Crippen MR) is 186 cm³/mol. The van der Waals surface area contributed by atoms with Crippen molar-refractivity contribution in [2.75, 3.05) is 34.8 Å². The van der Waals surface area contributed by atoms with Crippen LogP contribution in [0.1, 0.15) is 77.5 Å². The number of morpholine rings is 1. The summed E-state index contributed by atoms with van der Waals surface area (Å²) in [6, 6.07) is 11.7. The van der Waals surface area contributed by atoms with Crippen LogP contribution in [-0.2, 0) is 41.6 Å². The monoisotopic (exact) mass is 703 g/mol. The van der Waals surface area contributed by atoms with Crippen molar-refractivity contribution in [1.29, 1.82) is 5.26 Å². The van der Waals surface area contributed by atoms with Crippen LogP contribution in [0.15, 0.2) is 36.4 Å². The second-order valence-electron chi connectivity index (χ2n) is 15.0. The number of aryl methyl sites for hydroxylation is 1. The van der Waals surface area contributed by atoms with Gasteiger partial charge in [-0.25, -0.2) is 14.5 Å². The van der Waals surface area contributed by atoms with Gasteiger partial charge in [0.05, 0.1) is 24.8 Å². The maximum Gasteiger partial charge on any atom is 0.420 e. The molecule has 1 saturated heterocycles. The van der Waals surface area contributed by atoms with Crippen molar-refractivity contribution in [3.05, 3.63) is 53.1 Å². The van der Waals surface area contributed by atoms with E-state index >= 15 is 0 Å². The number of ether oxygens (including phenoxy) is 3. The fraction of sp³-hybridized carbons (Fsp3) is 0.514. The molecule has 5 amide bonds. The molecule has 2 aliphatic heterocycles. The number of nitrogens with zero attached hydrogens (tertiary/aromatic N) is 4. The van der Waals surface area contributed by atoms with Gasteiger partial charge in [0, 0.05) is 36.6 Å². The first-order chi connectivity index (χ1) is 23.9. The number of fused-ring (bicyclic) bond motifs is 1. The first-order valence-electron chi connectivity index (χ1n) is 17.1. The molecule has 2 atom stereocenters. The molecule has 3 aliphatic rings. The summed E-state index contributed by atoms with van der Waals surface area (Å²) in [7, 11) is 0. The highest BCUT2D eigenvalue weighted by atomic mass is 16.6. The van der Waals surface area contributed by atoms with Crippen molar-refractivity contribution >= 4 is 47.0 Å². The van der Waals surface area contributed by atoms with Crippen LogP contribution in [0.5, 0.6) is 0 Å². The average molecular weight is 704 g/mol. The van der Waals surface area contributed by atoms with Crippen molar-refractivity contribution in [2.24, 2.45) is 5.92 Å². The van der Waals surface area contributed by atoms with Crippen LogP contribution in [0.3, 0.4) is 0 Å². The first kappa shape index (κ1) is 37.3. The molecule has 1 aliphatic carbocycles. The number of rotatable bonds is 8. The van der Waals surface area contributed by atoms with Crippen LogP contribution in [0, 0.1) is 17.2 Å². The summed E-state index contributed by atoms with van der Waals surface area (Å²) in [5.41, 5.74) is 0.864. The van der Waals surface area contributed by atoms with E-state index in [4.69, 9.17) is 14.2 Å². The summed E-state index contributed by atoms with van der Waals surface area (Å²) >= 11 is 0. The van der Waals surface area contributed by atoms with Gasteiger partial charge in [0.15, 0.2) is 12.2 Å². The Morgan fingerprint density at radius 3 is 2.29 bits per heavy atom. The third-order valence-electron chi connectivity index (χ3n) is 8.44. The Hall–Kier alpha value is -5.00. The van der Waals surface area contributed by atoms with Crippen molar-refractivity contribution < 1.29 is 43.3 Å². The smallest absolute Gasteiger partial charge is 0.420 e. The maximum atomic E-state index is 13.7. The second kappa shape index (κ2) is 14.7. The highest BCUT2D eigenvalue weighted by molar-refractivity contribution is 6.05. The van der Waals surface area contributed by atoms with Gasteiger partial charge < -0.3 is 34.4 Å². The number of amides is 5. The van der Waals surface area contributed by atoms with E-state index in [1.807, 2.05) is 18.2 Å². The minimum Gasteiger partial charge on any atom is -0.443 e. The number of benzene rings is 2. The quantitative estimate of drug-likeness (QED) is 0.393. The topological polar surface area (TPSA) is 179 Å². The Morgan fingerprint density at radius 1 is 1.02 bits per heavy atom. The van der Waals surface area contributed by atoms with Crippen LogP contribution >= 0.6 is 0 Å². The van der Waals surface area contributed by atoms with E-state index in [0.717, 1.165) is 29.0 Å². The molecule has 2 aromatic carbocycles. The minimum atomic E-state index is -1.91. The molecule has 14 heteroatoms. The molecule has 5 rings (SSSR count). The van der Waals surface area contributed by atoms with Gasteiger partial charge in [-0.1, -0.05) is 6.07 Å². The molecule has 51 heavy (non-hydrogen) atoms. The molecule has 0 radical (unpaired) electrons. The van der Waals surface area contributed by atoms with Crippen LogP contribution in [-0.4, -0.2) is 83.0 Å². The normalized spacial score (nSPS) is 18.4. The van der Waals surface area contributed by atoms with Crippen LogP contribution in [0.4, 0.5) is 26.7 Å². The average Bonchev–Trinajstić information content (AvgIpc) is 3.87. The molecule has 272 valence electrons. The Balaban J connectivity index is 1.32. The van der Waals surface area contributed by atoms with Gasteiger partial charge >= 0.3 is 12.2 Å². The Morgan fingerprint density at radius 2 is 1.69 bits per heavy atom. The number of carbonyl (C=O) groups excluding carboxylic acids is 5.